The first-order valence-corrected chi connectivity index (χ1v) is 7.25. The molecule has 2 atom stereocenters. The van der Waals surface area contributed by atoms with Crippen molar-refractivity contribution in [3.05, 3.63) is 83.6 Å². The number of ether oxygens (including phenoxy) is 1. The average molecular weight is 278 g/mol. The van der Waals surface area contributed by atoms with E-state index in [4.69, 9.17) is 4.74 Å². The molecule has 0 radical (unpaired) electrons. The van der Waals surface area contributed by atoms with Gasteiger partial charge in [0.25, 0.3) is 0 Å². The summed E-state index contributed by atoms with van der Waals surface area (Å²) in [5.41, 5.74) is 1.96. The van der Waals surface area contributed by atoms with E-state index in [0.717, 1.165) is 12.2 Å². The maximum absolute atomic E-state index is 12.2. The van der Waals surface area contributed by atoms with Crippen molar-refractivity contribution in [2.45, 2.75) is 25.4 Å². The Morgan fingerprint density at radius 1 is 1.05 bits per heavy atom. The van der Waals surface area contributed by atoms with Gasteiger partial charge in [-0.2, -0.15) is 0 Å². The van der Waals surface area contributed by atoms with Crippen molar-refractivity contribution in [2.75, 3.05) is 0 Å². The van der Waals surface area contributed by atoms with Crippen molar-refractivity contribution in [1.29, 1.82) is 0 Å². The van der Waals surface area contributed by atoms with Crippen molar-refractivity contribution in [1.82, 2.24) is 0 Å². The van der Waals surface area contributed by atoms with Gasteiger partial charge in [-0.25, -0.2) is 0 Å². The van der Waals surface area contributed by atoms with Crippen LogP contribution in [0.2, 0.25) is 0 Å². The van der Waals surface area contributed by atoms with Crippen LogP contribution in [0.4, 0.5) is 0 Å². The quantitative estimate of drug-likeness (QED) is 0.616. The van der Waals surface area contributed by atoms with Crippen LogP contribution in [0, 0.1) is 0 Å². The molecule has 2 aromatic carbocycles. The molecule has 2 heteroatoms. The first-order valence-electron chi connectivity index (χ1n) is 7.25. The number of allylic oxidation sites excluding steroid dienone is 2. The third-order valence-corrected chi connectivity index (χ3v) is 3.90. The Morgan fingerprint density at radius 3 is 2.33 bits per heavy atom. The fourth-order valence-electron chi connectivity index (χ4n) is 2.77. The zero-order valence-electron chi connectivity index (χ0n) is 12.0. The van der Waals surface area contributed by atoms with Gasteiger partial charge in [0.2, 0.25) is 0 Å². The van der Waals surface area contributed by atoms with E-state index in [-0.39, 0.29) is 11.9 Å². The van der Waals surface area contributed by atoms with Gasteiger partial charge in [0.15, 0.2) is 5.78 Å². The zero-order valence-corrected chi connectivity index (χ0v) is 12.0. The lowest BCUT2D eigenvalue weighted by Gasteiger charge is -2.13. The summed E-state index contributed by atoms with van der Waals surface area (Å²) in [4.78, 5) is 12.2. The minimum absolute atomic E-state index is 0.00603. The van der Waals surface area contributed by atoms with E-state index in [1.807, 2.05) is 48.5 Å². The van der Waals surface area contributed by atoms with Crippen LogP contribution < -0.4 is 0 Å². The van der Waals surface area contributed by atoms with Crippen molar-refractivity contribution < 1.29 is 9.53 Å². The molecule has 2 aromatic rings. The van der Waals surface area contributed by atoms with Gasteiger partial charge < -0.3 is 4.74 Å². The lowest BCUT2D eigenvalue weighted by molar-refractivity contribution is 0.103. The Labute approximate surface area is 125 Å². The fraction of sp³-hybridized carbons (Fsp3) is 0.211. The summed E-state index contributed by atoms with van der Waals surface area (Å²) < 4.78 is 5.86. The van der Waals surface area contributed by atoms with Crippen LogP contribution in [0.5, 0.6) is 0 Å². The molecule has 1 heterocycles. The molecule has 3 rings (SSSR count). The third-order valence-electron chi connectivity index (χ3n) is 3.90. The number of hydrogen-bond acceptors (Lipinski definition) is 2. The van der Waals surface area contributed by atoms with Gasteiger partial charge >= 0.3 is 0 Å². The van der Waals surface area contributed by atoms with Gasteiger partial charge in [0.1, 0.15) is 11.9 Å². The summed E-state index contributed by atoms with van der Waals surface area (Å²) >= 11 is 0. The van der Waals surface area contributed by atoms with Gasteiger partial charge in [-0.05, 0) is 12.5 Å². The smallest absolute Gasteiger partial charge is 0.189 e. The molecule has 2 nitrogen and oxygen atoms in total. The van der Waals surface area contributed by atoms with Crippen LogP contribution in [0.25, 0.3) is 0 Å². The van der Waals surface area contributed by atoms with E-state index in [2.05, 4.69) is 19.1 Å². The molecule has 1 aliphatic rings. The predicted octanol–water partition coefficient (Wildman–Crippen LogP) is 4.35. The second kappa shape index (κ2) is 5.96. The molecule has 0 aromatic heterocycles. The number of rotatable bonds is 3. The van der Waals surface area contributed by atoms with Crippen LogP contribution in [-0.4, -0.2) is 11.9 Å². The van der Waals surface area contributed by atoms with Crippen LogP contribution >= 0.6 is 0 Å². The van der Waals surface area contributed by atoms with Crippen LogP contribution in [0.15, 0.2) is 72.5 Å². The van der Waals surface area contributed by atoms with E-state index in [1.54, 1.807) is 6.08 Å². The molecular weight excluding hydrogens is 260 g/mol. The molecule has 0 amide bonds. The first kappa shape index (κ1) is 13.6. The van der Waals surface area contributed by atoms with E-state index in [9.17, 15) is 4.79 Å². The average Bonchev–Trinajstić information content (AvgIpc) is 2.89. The maximum Gasteiger partial charge on any atom is 0.189 e. The Balaban J connectivity index is 1.77. The lowest BCUT2D eigenvalue weighted by Crippen LogP contribution is -2.08. The largest absolute Gasteiger partial charge is 0.494 e. The summed E-state index contributed by atoms with van der Waals surface area (Å²) in [5.74, 6) is 1.11. The summed E-state index contributed by atoms with van der Waals surface area (Å²) in [5, 5.41) is 0. The highest BCUT2D eigenvalue weighted by atomic mass is 16.5. The van der Waals surface area contributed by atoms with Crippen LogP contribution in [0.3, 0.4) is 0 Å². The number of hydrogen-bond donors (Lipinski definition) is 0. The van der Waals surface area contributed by atoms with E-state index >= 15 is 0 Å². The minimum Gasteiger partial charge on any atom is -0.494 e. The molecule has 0 N–H and O–H groups in total. The summed E-state index contributed by atoms with van der Waals surface area (Å²) in [7, 11) is 0. The van der Waals surface area contributed by atoms with E-state index in [1.165, 1.54) is 5.56 Å². The maximum atomic E-state index is 12.2. The summed E-state index contributed by atoms with van der Waals surface area (Å²) in [6.07, 6.45) is 2.51. The van der Waals surface area contributed by atoms with E-state index < -0.39 is 0 Å². The molecule has 0 saturated carbocycles. The van der Waals surface area contributed by atoms with Gasteiger partial charge in [-0.1, -0.05) is 60.7 Å². The molecule has 0 spiro atoms. The molecular formula is C19H18O2. The highest BCUT2D eigenvalue weighted by molar-refractivity contribution is 6.04. The van der Waals surface area contributed by atoms with Crippen LogP contribution in [-0.2, 0) is 4.74 Å². The normalized spacial score (nSPS) is 23.0. The third kappa shape index (κ3) is 3.05. The van der Waals surface area contributed by atoms with E-state index in [0.29, 0.717) is 11.5 Å². The molecule has 0 bridgehead atoms. The molecule has 106 valence electrons. The van der Waals surface area contributed by atoms with Crippen molar-refractivity contribution in [3.8, 4) is 0 Å². The zero-order chi connectivity index (χ0) is 14.7. The van der Waals surface area contributed by atoms with Crippen LogP contribution in [0.1, 0.15) is 35.2 Å². The highest BCUT2D eigenvalue weighted by Gasteiger charge is 2.30. The topological polar surface area (TPSA) is 26.3 Å². The van der Waals surface area contributed by atoms with Gasteiger partial charge in [0.05, 0.1) is 0 Å². The predicted molar refractivity (Wildman–Crippen MR) is 83.2 cm³/mol. The Hall–Kier alpha value is -2.35. The number of carbonyl (C=O) groups is 1. The van der Waals surface area contributed by atoms with Crippen molar-refractivity contribution in [2.24, 2.45) is 0 Å². The molecule has 1 saturated heterocycles. The number of carbonyl (C=O) groups excluding carboxylic acids is 1. The standard InChI is InChI=1S/C19H18O2/c1-14-18(15-8-4-2-5-9-15)12-17(21-14)13-19(20)16-10-6-3-7-11-16/h2-11,13-14,18H,12H2,1H3/b17-13+/t14-,18-/m1/s1. The summed E-state index contributed by atoms with van der Waals surface area (Å²) in [6.45, 7) is 2.06. The Morgan fingerprint density at radius 2 is 1.67 bits per heavy atom. The Kier molecular flexibility index (Phi) is 3.87. The second-order valence-electron chi connectivity index (χ2n) is 5.39. The van der Waals surface area contributed by atoms with Crippen molar-refractivity contribution in [3.63, 3.8) is 0 Å². The monoisotopic (exact) mass is 278 g/mol. The molecule has 0 aliphatic carbocycles. The Bertz CT molecular complexity index is 644. The first-order chi connectivity index (χ1) is 10.2. The van der Waals surface area contributed by atoms with Crippen molar-refractivity contribution >= 4 is 5.78 Å². The summed E-state index contributed by atoms with van der Waals surface area (Å²) in [6, 6.07) is 19.6. The second-order valence-corrected chi connectivity index (χ2v) is 5.39. The molecule has 21 heavy (non-hydrogen) atoms. The number of benzene rings is 2. The molecule has 0 unspecified atom stereocenters. The van der Waals surface area contributed by atoms with Gasteiger partial charge in [-0.3, -0.25) is 4.79 Å². The van der Waals surface area contributed by atoms with Gasteiger partial charge in [0, 0.05) is 24.0 Å². The van der Waals surface area contributed by atoms with Gasteiger partial charge in [-0.15, -0.1) is 0 Å². The fourth-order valence-corrected chi connectivity index (χ4v) is 2.77. The highest BCUT2D eigenvalue weighted by Crippen LogP contribution is 2.37. The SMILES string of the molecule is C[C@H]1O/C(=C/C(=O)c2ccccc2)C[C@H]1c1ccccc1. The minimum atomic E-state index is 0.00603. The number of ketones is 1. The lowest BCUT2D eigenvalue weighted by atomic mass is 9.92. The molecule has 1 fully saturated rings. The molecule has 1 aliphatic heterocycles.